The molecule has 0 saturated heterocycles. The molecule has 2 heterocycles. The van der Waals surface area contributed by atoms with Crippen LogP contribution in [0.5, 0.6) is 0 Å². The van der Waals surface area contributed by atoms with E-state index in [1.54, 1.807) is 6.07 Å². The standard InChI is InChI=1S/C14H8BrN3OS/c15-11-4-2-1-3-9(11)7-13-17-14(19-18-13)12-6-5-10(8-16)20-12/h1-6H,7H2. The van der Waals surface area contributed by atoms with Crippen molar-refractivity contribution in [1.29, 1.82) is 5.26 Å². The fraction of sp³-hybridized carbons (Fsp3) is 0.0714. The Kier molecular flexibility index (Phi) is 3.63. The molecule has 3 aromatic rings. The van der Waals surface area contributed by atoms with Crippen molar-refractivity contribution < 1.29 is 4.52 Å². The first-order valence-corrected chi connectivity index (χ1v) is 7.43. The quantitative estimate of drug-likeness (QED) is 0.718. The molecule has 98 valence electrons. The van der Waals surface area contributed by atoms with Crippen LogP contribution in [-0.4, -0.2) is 10.1 Å². The number of nitrogens with zero attached hydrogens (tertiary/aromatic N) is 3. The zero-order valence-electron chi connectivity index (χ0n) is 10.2. The molecule has 0 aliphatic rings. The lowest BCUT2D eigenvalue weighted by Crippen LogP contribution is -1.91. The summed E-state index contributed by atoms with van der Waals surface area (Å²) in [5, 5.41) is 12.8. The highest BCUT2D eigenvalue weighted by Crippen LogP contribution is 2.27. The summed E-state index contributed by atoms with van der Waals surface area (Å²) in [6, 6.07) is 13.6. The number of halogens is 1. The first-order chi connectivity index (χ1) is 9.76. The first-order valence-electron chi connectivity index (χ1n) is 5.82. The van der Waals surface area contributed by atoms with Gasteiger partial charge in [-0.1, -0.05) is 39.3 Å². The third-order valence-corrected chi connectivity index (χ3v) is 4.45. The lowest BCUT2D eigenvalue weighted by atomic mass is 10.1. The Hall–Kier alpha value is -1.97. The molecular formula is C14H8BrN3OS. The largest absolute Gasteiger partial charge is 0.333 e. The highest BCUT2D eigenvalue weighted by Gasteiger charge is 2.12. The van der Waals surface area contributed by atoms with E-state index >= 15 is 0 Å². The zero-order chi connectivity index (χ0) is 13.9. The fourth-order valence-electron chi connectivity index (χ4n) is 1.75. The molecule has 0 atom stereocenters. The molecule has 0 fully saturated rings. The lowest BCUT2D eigenvalue weighted by molar-refractivity contribution is 0.424. The van der Waals surface area contributed by atoms with E-state index in [4.69, 9.17) is 9.78 Å². The predicted molar refractivity (Wildman–Crippen MR) is 79.3 cm³/mol. The molecule has 0 spiro atoms. The Labute approximate surface area is 127 Å². The molecule has 2 aromatic heterocycles. The third-order valence-electron chi connectivity index (χ3n) is 2.70. The van der Waals surface area contributed by atoms with Crippen molar-refractivity contribution in [3.63, 3.8) is 0 Å². The Morgan fingerprint density at radius 2 is 2.10 bits per heavy atom. The van der Waals surface area contributed by atoms with Crippen LogP contribution in [0.25, 0.3) is 10.8 Å². The normalized spacial score (nSPS) is 10.4. The average Bonchev–Trinajstić information content (AvgIpc) is 3.10. The molecule has 20 heavy (non-hydrogen) atoms. The van der Waals surface area contributed by atoms with Crippen LogP contribution in [0.3, 0.4) is 0 Å². The van der Waals surface area contributed by atoms with E-state index in [1.807, 2.05) is 30.3 Å². The van der Waals surface area contributed by atoms with Gasteiger partial charge in [0.25, 0.3) is 5.89 Å². The summed E-state index contributed by atoms with van der Waals surface area (Å²) in [7, 11) is 0. The van der Waals surface area contributed by atoms with Crippen LogP contribution in [0.1, 0.15) is 16.3 Å². The van der Waals surface area contributed by atoms with E-state index in [0.29, 0.717) is 23.0 Å². The Balaban J connectivity index is 1.84. The number of thiophene rings is 1. The second kappa shape index (κ2) is 5.57. The van der Waals surface area contributed by atoms with Crippen LogP contribution in [-0.2, 0) is 6.42 Å². The van der Waals surface area contributed by atoms with Gasteiger partial charge in [0.2, 0.25) is 0 Å². The topological polar surface area (TPSA) is 62.7 Å². The van der Waals surface area contributed by atoms with E-state index in [9.17, 15) is 0 Å². The van der Waals surface area contributed by atoms with Crippen molar-refractivity contribution in [3.05, 3.63) is 57.1 Å². The Morgan fingerprint density at radius 1 is 1.25 bits per heavy atom. The predicted octanol–water partition coefficient (Wildman–Crippen LogP) is 4.02. The molecule has 0 bridgehead atoms. The SMILES string of the molecule is N#Cc1ccc(-c2nc(Cc3ccccc3Br)no2)s1. The molecule has 6 heteroatoms. The monoisotopic (exact) mass is 345 g/mol. The van der Waals surface area contributed by atoms with Gasteiger partial charge in [-0.3, -0.25) is 0 Å². The van der Waals surface area contributed by atoms with E-state index in [1.165, 1.54) is 11.3 Å². The van der Waals surface area contributed by atoms with Gasteiger partial charge < -0.3 is 4.52 Å². The van der Waals surface area contributed by atoms with Crippen LogP contribution in [0.2, 0.25) is 0 Å². The Morgan fingerprint density at radius 3 is 2.85 bits per heavy atom. The molecule has 1 aromatic carbocycles. The number of hydrogen-bond acceptors (Lipinski definition) is 5. The Bertz CT molecular complexity index is 788. The summed E-state index contributed by atoms with van der Waals surface area (Å²) < 4.78 is 6.27. The average molecular weight is 346 g/mol. The van der Waals surface area contributed by atoms with Gasteiger partial charge in [0.05, 0.1) is 4.88 Å². The highest BCUT2D eigenvalue weighted by atomic mass is 79.9. The summed E-state index contributed by atoms with van der Waals surface area (Å²) in [4.78, 5) is 5.81. The van der Waals surface area contributed by atoms with Gasteiger partial charge in [-0.25, -0.2) is 0 Å². The summed E-state index contributed by atoms with van der Waals surface area (Å²) >= 11 is 4.84. The zero-order valence-corrected chi connectivity index (χ0v) is 12.6. The first kappa shape index (κ1) is 13.0. The lowest BCUT2D eigenvalue weighted by Gasteiger charge is -1.99. The van der Waals surface area contributed by atoms with Crippen molar-refractivity contribution in [3.8, 4) is 16.8 Å². The van der Waals surface area contributed by atoms with E-state index in [2.05, 4.69) is 32.1 Å². The van der Waals surface area contributed by atoms with Crippen LogP contribution in [0.15, 0.2) is 45.4 Å². The minimum Gasteiger partial charge on any atom is -0.333 e. The van der Waals surface area contributed by atoms with Gasteiger partial charge in [-0.2, -0.15) is 10.2 Å². The summed E-state index contributed by atoms with van der Waals surface area (Å²) in [5.74, 6) is 1.08. The molecule has 0 amide bonds. The van der Waals surface area contributed by atoms with Crippen LogP contribution in [0, 0.1) is 11.3 Å². The summed E-state index contributed by atoms with van der Waals surface area (Å²) in [5.41, 5.74) is 1.10. The van der Waals surface area contributed by atoms with Crippen LogP contribution >= 0.6 is 27.3 Å². The van der Waals surface area contributed by atoms with Crippen LogP contribution in [0.4, 0.5) is 0 Å². The van der Waals surface area contributed by atoms with Gasteiger partial charge in [-0.05, 0) is 23.8 Å². The van der Waals surface area contributed by atoms with E-state index in [-0.39, 0.29) is 0 Å². The maximum absolute atomic E-state index is 8.82. The van der Waals surface area contributed by atoms with Crippen molar-refractivity contribution >= 4 is 27.3 Å². The van der Waals surface area contributed by atoms with Gasteiger partial charge in [-0.15, -0.1) is 11.3 Å². The second-order valence-electron chi connectivity index (χ2n) is 4.06. The number of nitriles is 1. The summed E-state index contributed by atoms with van der Waals surface area (Å²) in [6.07, 6.45) is 0.599. The minimum atomic E-state index is 0.457. The van der Waals surface area contributed by atoms with Gasteiger partial charge in [0, 0.05) is 10.9 Å². The molecule has 0 aliphatic heterocycles. The van der Waals surface area contributed by atoms with Crippen molar-refractivity contribution in [2.24, 2.45) is 0 Å². The maximum Gasteiger partial charge on any atom is 0.268 e. The van der Waals surface area contributed by atoms with Crippen molar-refractivity contribution in [2.45, 2.75) is 6.42 Å². The number of aromatic nitrogens is 2. The van der Waals surface area contributed by atoms with Gasteiger partial charge >= 0.3 is 0 Å². The molecule has 4 nitrogen and oxygen atoms in total. The fourth-order valence-corrected chi connectivity index (χ4v) is 2.90. The van der Waals surface area contributed by atoms with E-state index < -0.39 is 0 Å². The van der Waals surface area contributed by atoms with Gasteiger partial charge in [0.1, 0.15) is 10.9 Å². The van der Waals surface area contributed by atoms with Crippen molar-refractivity contribution in [2.75, 3.05) is 0 Å². The molecule has 0 unspecified atom stereocenters. The molecular weight excluding hydrogens is 338 g/mol. The number of benzene rings is 1. The van der Waals surface area contributed by atoms with E-state index in [0.717, 1.165) is 14.9 Å². The maximum atomic E-state index is 8.82. The smallest absolute Gasteiger partial charge is 0.268 e. The molecule has 0 aliphatic carbocycles. The number of hydrogen-bond donors (Lipinski definition) is 0. The summed E-state index contributed by atoms with van der Waals surface area (Å²) in [6.45, 7) is 0. The number of rotatable bonds is 3. The van der Waals surface area contributed by atoms with Crippen LogP contribution < -0.4 is 0 Å². The molecule has 0 N–H and O–H groups in total. The molecule has 3 rings (SSSR count). The second-order valence-corrected chi connectivity index (χ2v) is 6.00. The molecule has 0 radical (unpaired) electrons. The third kappa shape index (κ3) is 2.64. The van der Waals surface area contributed by atoms with Gasteiger partial charge in [0.15, 0.2) is 5.82 Å². The minimum absolute atomic E-state index is 0.457. The highest BCUT2D eigenvalue weighted by molar-refractivity contribution is 9.10. The van der Waals surface area contributed by atoms with Crippen molar-refractivity contribution in [1.82, 2.24) is 10.1 Å². The molecule has 0 saturated carbocycles.